The van der Waals surface area contributed by atoms with Gasteiger partial charge in [0.25, 0.3) is 5.56 Å². The maximum absolute atomic E-state index is 12.7. The normalized spacial score (nSPS) is 27.8. The van der Waals surface area contributed by atoms with Gasteiger partial charge in [0, 0.05) is 12.3 Å². The van der Waals surface area contributed by atoms with Gasteiger partial charge in [-0.1, -0.05) is 67.2 Å². The smallest absolute Gasteiger partial charge is 0.335 e. The number of nitrogens with one attached hydrogen (secondary N) is 1. The molecule has 0 radical (unpaired) electrons. The second-order valence-electron chi connectivity index (χ2n) is 10.7. The highest BCUT2D eigenvalue weighted by Crippen LogP contribution is 2.48. The number of H-pyrrole nitrogens is 1. The molecule has 0 amide bonds. The summed E-state index contributed by atoms with van der Waals surface area (Å²) in [5, 5.41) is 0. The monoisotopic (exact) mass is 576 g/mol. The molecule has 2 aliphatic heterocycles. The van der Waals surface area contributed by atoms with Gasteiger partial charge in [0.2, 0.25) is 4.38 Å². The highest BCUT2D eigenvalue weighted by Gasteiger charge is 2.62. The molecule has 3 heterocycles. The van der Waals surface area contributed by atoms with Gasteiger partial charge in [-0.15, -0.1) is 0 Å². The first-order valence-corrected chi connectivity index (χ1v) is 18.1. The van der Waals surface area contributed by atoms with Gasteiger partial charge < -0.3 is 22.4 Å². The van der Waals surface area contributed by atoms with E-state index >= 15 is 0 Å². The maximum Gasteiger partial charge on any atom is 0.335 e. The molecule has 0 bridgehead atoms. The Bertz CT molecular complexity index is 1030. The Labute approximate surface area is 225 Å². The zero-order valence-electron chi connectivity index (χ0n) is 22.6. The molecule has 0 aliphatic carbocycles. The van der Waals surface area contributed by atoms with Crippen LogP contribution >= 0.6 is 24.0 Å². The van der Waals surface area contributed by atoms with Crippen LogP contribution in [0.15, 0.2) is 21.9 Å². The van der Waals surface area contributed by atoms with Gasteiger partial charge in [-0.3, -0.25) is 14.3 Å². The molecule has 0 saturated carbocycles. The molecule has 9 nitrogen and oxygen atoms in total. The molecule has 0 aromatic carbocycles. The van der Waals surface area contributed by atoms with Crippen molar-refractivity contribution in [2.45, 2.75) is 102 Å². The van der Waals surface area contributed by atoms with E-state index in [0.717, 1.165) is 0 Å². The number of nitrogens with zero attached hydrogens (tertiary/aromatic N) is 1. The number of ether oxygens (including phenoxy) is 2. The van der Waals surface area contributed by atoms with Crippen molar-refractivity contribution in [1.29, 1.82) is 0 Å². The van der Waals surface area contributed by atoms with Crippen molar-refractivity contribution < 1.29 is 22.4 Å². The molecular weight excluding hydrogens is 537 g/mol. The van der Waals surface area contributed by atoms with Crippen molar-refractivity contribution in [3.05, 3.63) is 33.1 Å². The van der Waals surface area contributed by atoms with E-state index in [1.165, 1.54) is 28.6 Å². The van der Waals surface area contributed by atoms with Crippen LogP contribution in [0.1, 0.15) is 61.6 Å². The summed E-state index contributed by atoms with van der Waals surface area (Å²) in [6.07, 6.45) is 0.549. The van der Waals surface area contributed by atoms with E-state index < -0.39 is 52.9 Å². The average molecular weight is 577 g/mol. The number of thiocarbonyl (C=S) groups is 1. The third-order valence-electron chi connectivity index (χ3n) is 7.14. The highest BCUT2D eigenvalue weighted by molar-refractivity contribution is 8.22. The van der Waals surface area contributed by atoms with Gasteiger partial charge >= 0.3 is 22.8 Å². The summed E-state index contributed by atoms with van der Waals surface area (Å²) in [6, 6.07) is 1.28. The Balaban J connectivity index is 2.17. The van der Waals surface area contributed by atoms with Gasteiger partial charge in [-0.25, -0.2) is 4.79 Å². The second kappa shape index (κ2) is 11.5. The first-order chi connectivity index (χ1) is 16.8. The van der Waals surface area contributed by atoms with Gasteiger partial charge in [-0.05, 0) is 40.6 Å². The molecule has 2 fully saturated rings. The Morgan fingerprint density at radius 3 is 2.17 bits per heavy atom. The summed E-state index contributed by atoms with van der Waals surface area (Å²) < 4.78 is 35.4. The van der Waals surface area contributed by atoms with Gasteiger partial charge in [-0.2, -0.15) is 0 Å². The van der Waals surface area contributed by atoms with Crippen LogP contribution in [0.2, 0.25) is 22.2 Å². The van der Waals surface area contributed by atoms with Crippen LogP contribution in [0.5, 0.6) is 0 Å². The van der Waals surface area contributed by atoms with Gasteiger partial charge in [0.15, 0.2) is 12.3 Å². The standard InChI is InChI=1S/C23H40N2O7S2Si2/c1-13(2)35(14(3)4)28-12-17-19(31-36(32-35,15(5)6)16(7)8)20(30-23(33)34-9)21(29-17)25-11-10-18(26)24-22(25)27/h10-11,13-17,19-21H,12H2,1-9H3,(H,24,26,27)/t17-,19-,20?,21+/m0/s1. The van der Waals surface area contributed by atoms with Crippen LogP contribution in [0.4, 0.5) is 0 Å². The fourth-order valence-corrected chi connectivity index (χ4v) is 16.8. The molecular formula is C23H40N2O7S2Si2. The number of aromatic amines is 1. The van der Waals surface area contributed by atoms with E-state index in [1.54, 1.807) is 0 Å². The van der Waals surface area contributed by atoms with Crippen LogP contribution in [0.3, 0.4) is 0 Å². The lowest BCUT2D eigenvalue weighted by molar-refractivity contribution is -0.0591. The number of rotatable bonds is 6. The maximum atomic E-state index is 12.7. The van der Waals surface area contributed by atoms with Crippen LogP contribution in [-0.4, -0.2) is 62.2 Å². The molecule has 204 valence electrons. The molecule has 3 rings (SSSR count). The molecule has 2 aliphatic rings. The minimum Gasteiger partial charge on any atom is -0.468 e. The zero-order valence-corrected chi connectivity index (χ0v) is 26.2. The number of hydrogen-bond acceptors (Lipinski definition) is 9. The molecule has 4 atom stereocenters. The Hall–Kier alpha value is -0.806. The van der Waals surface area contributed by atoms with Crippen LogP contribution in [-0.2, 0) is 22.4 Å². The summed E-state index contributed by atoms with van der Waals surface area (Å²) >= 11 is 6.70. The third kappa shape index (κ3) is 5.49. The molecule has 2 saturated heterocycles. The average Bonchev–Trinajstić information content (AvgIpc) is 3.08. The van der Waals surface area contributed by atoms with E-state index in [0.29, 0.717) is 4.38 Å². The van der Waals surface area contributed by atoms with E-state index in [4.69, 9.17) is 34.7 Å². The molecule has 13 heteroatoms. The van der Waals surface area contributed by atoms with Crippen molar-refractivity contribution >= 4 is 45.5 Å². The van der Waals surface area contributed by atoms with Crippen LogP contribution < -0.4 is 11.2 Å². The predicted octanol–water partition coefficient (Wildman–Crippen LogP) is 4.42. The zero-order chi connectivity index (χ0) is 27.0. The lowest BCUT2D eigenvalue weighted by Crippen LogP contribution is -2.66. The van der Waals surface area contributed by atoms with E-state index in [1.807, 2.05) is 6.26 Å². The summed E-state index contributed by atoms with van der Waals surface area (Å²) in [5.74, 6) is 0. The van der Waals surface area contributed by atoms with E-state index in [2.05, 4.69) is 60.4 Å². The predicted molar refractivity (Wildman–Crippen MR) is 150 cm³/mol. The fourth-order valence-electron chi connectivity index (χ4n) is 5.26. The van der Waals surface area contributed by atoms with Crippen LogP contribution in [0.25, 0.3) is 0 Å². The molecule has 1 aromatic heterocycles. The topological polar surface area (TPSA) is 101 Å². The molecule has 1 unspecified atom stereocenters. The molecule has 36 heavy (non-hydrogen) atoms. The Kier molecular flexibility index (Phi) is 9.52. The Morgan fingerprint density at radius 1 is 1.08 bits per heavy atom. The highest BCUT2D eigenvalue weighted by atomic mass is 32.2. The summed E-state index contributed by atoms with van der Waals surface area (Å²) in [6.45, 7) is 17.5. The number of fused-ring (bicyclic) bond motifs is 1. The molecule has 1 N–H and O–H groups in total. The largest absolute Gasteiger partial charge is 0.468 e. The second-order valence-corrected chi connectivity index (χ2v) is 20.9. The third-order valence-corrected chi connectivity index (χ3v) is 18.4. The SMILES string of the molecule is CSC(=S)OC1[C@H]2O[Si](C(C)C)(C(C)C)O[Si](C(C)C)(C(C)C)OC[C@@H]2O[C@H]1n1ccc(=O)[nH]c1=O. The Morgan fingerprint density at radius 2 is 1.67 bits per heavy atom. The number of hydrogen-bond donors (Lipinski definition) is 1. The summed E-state index contributed by atoms with van der Waals surface area (Å²) in [7, 11) is -5.69. The minimum atomic E-state index is -2.94. The van der Waals surface area contributed by atoms with Crippen LogP contribution in [0, 0.1) is 0 Å². The lowest BCUT2D eigenvalue weighted by atomic mass is 10.1. The quantitative estimate of drug-likeness (QED) is 0.389. The fraction of sp³-hybridized carbons (Fsp3) is 0.783. The van der Waals surface area contributed by atoms with Crippen molar-refractivity contribution in [2.24, 2.45) is 0 Å². The lowest BCUT2D eigenvalue weighted by Gasteiger charge is -2.51. The number of aromatic nitrogens is 2. The first-order valence-electron chi connectivity index (χ1n) is 12.5. The van der Waals surface area contributed by atoms with Gasteiger partial charge in [0.05, 0.1) is 6.61 Å². The van der Waals surface area contributed by atoms with Crippen molar-refractivity contribution in [1.82, 2.24) is 9.55 Å². The van der Waals surface area contributed by atoms with Crippen molar-refractivity contribution in [3.63, 3.8) is 0 Å². The van der Waals surface area contributed by atoms with Crippen molar-refractivity contribution in [3.8, 4) is 0 Å². The molecule has 1 aromatic rings. The summed E-state index contributed by atoms with van der Waals surface area (Å²) in [5.41, 5.74) is -0.457. The first kappa shape index (κ1) is 29.7. The van der Waals surface area contributed by atoms with E-state index in [9.17, 15) is 9.59 Å². The minimum absolute atomic E-state index is 0.118. The van der Waals surface area contributed by atoms with E-state index in [-0.39, 0.29) is 28.8 Å². The van der Waals surface area contributed by atoms with Crippen molar-refractivity contribution in [2.75, 3.05) is 12.9 Å². The molecule has 0 spiro atoms. The summed E-state index contributed by atoms with van der Waals surface area (Å²) in [4.78, 5) is 26.8. The van der Waals surface area contributed by atoms with Gasteiger partial charge in [0.1, 0.15) is 12.2 Å². The number of thioether (sulfide) groups is 1.